The van der Waals surface area contributed by atoms with Crippen molar-refractivity contribution in [2.75, 3.05) is 75.4 Å². The number of thioether (sulfide) groups is 2. The SMILES string of the molecule is CCCCCCCCCCCC[N+]1(CC)CCSCC1.CCC[N+]1(CCC)CCSCC1. The van der Waals surface area contributed by atoms with Gasteiger partial charge in [0.2, 0.25) is 0 Å². The van der Waals surface area contributed by atoms with E-state index >= 15 is 0 Å². The summed E-state index contributed by atoms with van der Waals surface area (Å²) in [5.41, 5.74) is 0. The summed E-state index contributed by atoms with van der Waals surface area (Å²) in [5.74, 6) is 5.57. The molecule has 2 aliphatic heterocycles. The second-order valence-corrected chi connectivity index (χ2v) is 12.9. The molecular formula is C28H60N2S2+2. The topological polar surface area (TPSA) is 0 Å². The quantitative estimate of drug-likeness (QED) is 0.160. The van der Waals surface area contributed by atoms with Crippen molar-refractivity contribution >= 4 is 23.5 Å². The van der Waals surface area contributed by atoms with Gasteiger partial charge in [-0.15, -0.1) is 0 Å². The van der Waals surface area contributed by atoms with Crippen molar-refractivity contribution in [2.24, 2.45) is 0 Å². The van der Waals surface area contributed by atoms with E-state index in [0.29, 0.717) is 0 Å². The van der Waals surface area contributed by atoms with Crippen molar-refractivity contribution in [3.63, 3.8) is 0 Å². The molecule has 2 aliphatic rings. The molecule has 0 saturated carbocycles. The Hall–Kier alpha value is 0.620. The molecule has 0 amide bonds. The Balaban J connectivity index is 0.000000363. The highest BCUT2D eigenvalue weighted by atomic mass is 32.2. The van der Waals surface area contributed by atoms with Gasteiger partial charge in [-0.25, -0.2) is 0 Å². The Kier molecular flexibility index (Phi) is 19.0. The smallest absolute Gasteiger partial charge is 0.0878 e. The van der Waals surface area contributed by atoms with Crippen LogP contribution in [0.2, 0.25) is 0 Å². The van der Waals surface area contributed by atoms with Gasteiger partial charge >= 0.3 is 0 Å². The van der Waals surface area contributed by atoms with Crippen LogP contribution in [0.4, 0.5) is 0 Å². The maximum atomic E-state index is 2.40. The first-order chi connectivity index (χ1) is 15.7. The highest BCUT2D eigenvalue weighted by Gasteiger charge is 2.28. The van der Waals surface area contributed by atoms with Gasteiger partial charge in [-0.05, 0) is 32.6 Å². The van der Waals surface area contributed by atoms with Crippen LogP contribution in [0.5, 0.6) is 0 Å². The van der Waals surface area contributed by atoms with E-state index in [1.165, 1.54) is 161 Å². The molecule has 0 aliphatic carbocycles. The predicted molar refractivity (Wildman–Crippen MR) is 152 cm³/mol. The van der Waals surface area contributed by atoms with Gasteiger partial charge in [-0.3, -0.25) is 0 Å². The fourth-order valence-corrected chi connectivity index (χ4v) is 8.07. The average Bonchev–Trinajstić information content (AvgIpc) is 2.82. The lowest BCUT2D eigenvalue weighted by Gasteiger charge is -2.41. The average molecular weight is 489 g/mol. The van der Waals surface area contributed by atoms with Gasteiger partial charge in [0.05, 0.1) is 52.4 Å². The zero-order chi connectivity index (χ0) is 23.4. The molecule has 0 N–H and O–H groups in total. The zero-order valence-corrected chi connectivity index (χ0v) is 24.3. The molecule has 192 valence electrons. The largest absolute Gasteiger partial charge is 0.322 e. The van der Waals surface area contributed by atoms with Crippen LogP contribution in [0, 0.1) is 0 Å². The van der Waals surface area contributed by atoms with Crippen LogP contribution in [0.1, 0.15) is 105 Å². The second-order valence-electron chi connectivity index (χ2n) is 10.5. The van der Waals surface area contributed by atoms with Gasteiger partial charge in [0.1, 0.15) is 0 Å². The van der Waals surface area contributed by atoms with E-state index in [9.17, 15) is 0 Å². The Bertz CT molecular complexity index is 389. The summed E-state index contributed by atoms with van der Waals surface area (Å²) in [4.78, 5) is 0. The van der Waals surface area contributed by atoms with Crippen molar-refractivity contribution in [3.8, 4) is 0 Å². The summed E-state index contributed by atoms with van der Waals surface area (Å²) < 4.78 is 2.84. The van der Waals surface area contributed by atoms with Gasteiger partial charge in [-0.2, -0.15) is 23.5 Å². The fourth-order valence-electron chi connectivity index (χ4n) is 5.60. The lowest BCUT2D eigenvalue weighted by atomic mass is 10.1. The molecule has 0 unspecified atom stereocenters. The van der Waals surface area contributed by atoms with Gasteiger partial charge in [0, 0.05) is 23.0 Å². The van der Waals surface area contributed by atoms with Crippen molar-refractivity contribution in [3.05, 3.63) is 0 Å². The highest BCUT2D eigenvalue weighted by Crippen LogP contribution is 2.21. The van der Waals surface area contributed by atoms with Crippen LogP contribution in [-0.4, -0.2) is 84.3 Å². The molecule has 2 saturated heterocycles. The van der Waals surface area contributed by atoms with E-state index in [1.807, 2.05) is 0 Å². The van der Waals surface area contributed by atoms with Gasteiger partial charge in [0.25, 0.3) is 0 Å². The van der Waals surface area contributed by atoms with Crippen LogP contribution in [0.25, 0.3) is 0 Å². The molecule has 0 aromatic rings. The summed E-state index contributed by atoms with van der Waals surface area (Å²) in [6.45, 7) is 20.7. The molecule has 0 spiro atoms. The molecular weight excluding hydrogens is 428 g/mol. The number of unbranched alkanes of at least 4 members (excludes halogenated alkanes) is 9. The first-order valence-electron chi connectivity index (χ1n) is 14.5. The normalized spacial score (nSPS) is 19.9. The zero-order valence-electron chi connectivity index (χ0n) is 22.7. The molecule has 0 atom stereocenters. The first-order valence-corrected chi connectivity index (χ1v) is 16.8. The summed E-state index contributed by atoms with van der Waals surface area (Å²) in [6.07, 6.45) is 17.3. The number of nitrogens with zero attached hydrogens (tertiary/aromatic N) is 2. The molecule has 0 aromatic carbocycles. The molecule has 2 rings (SSSR count). The minimum Gasteiger partial charge on any atom is -0.322 e. The Morgan fingerprint density at radius 3 is 1.25 bits per heavy atom. The molecule has 0 aromatic heterocycles. The van der Waals surface area contributed by atoms with E-state index in [-0.39, 0.29) is 0 Å². The molecule has 2 nitrogen and oxygen atoms in total. The lowest BCUT2D eigenvalue weighted by Crippen LogP contribution is -2.54. The molecule has 2 heterocycles. The second kappa shape index (κ2) is 19.9. The maximum Gasteiger partial charge on any atom is 0.0878 e. The first kappa shape index (κ1) is 30.7. The third-order valence-corrected chi connectivity index (χ3v) is 9.78. The van der Waals surface area contributed by atoms with E-state index in [1.54, 1.807) is 0 Å². The van der Waals surface area contributed by atoms with E-state index < -0.39 is 0 Å². The number of hydrogen-bond acceptors (Lipinski definition) is 2. The lowest BCUT2D eigenvalue weighted by molar-refractivity contribution is -0.924. The summed E-state index contributed by atoms with van der Waals surface area (Å²) in [5, 5.41) is 0. The van der Waals surface area contributed by atoms with Gasteiger partial charge in [-0.1, -0.05) is 72.1 Å². The predicted octanol–water partition coefficient (Wildman–Crippen LogP) is 7.86. The third-order valence-electron chi connectivity index (χ3n) is 7.89. The van der Waals surface area contributed by atoms with Crippen LogP contribution < -0.4 is 0 Å². The highest BCUT2D eigenvalue weighted by molar-refractivity contribution is 7.99. The molecule has 4 heteroatoms. The third kappa shape index (κ3) is 13.5. The van der Waals surface area contributed by atoms with Crippen molar-refractivity contribution in [1.29, 1.82) is 0 Å². The fraction of sp³-hybridized carbons (Fsp3) is 1.00. The Morgan fingerprint density at radius 2 is 0.844 bits per heavy atom. The van der Waals surface area contributed by atoms with Gasteiger partial charge in [0.15, 0.2) is 0 Å². The van der Waals surface area contributed by atoms with Crippen LogP contribution in [-0.2, 0) is 0 Å². The summed E-state index contributed by atoms with van der Waals surface area (Å²) in [6, 6.07) is 0. The van der Waals surface area contributed by atoms with E-state index in [2.05, 4.69) is 51.2 Å². The Morgan fingerprint density at radius 1 is 0.438 bits per heavy atom. The number of quaternary nitrogens is 2. The number of hydrogen-bond donors (Lipinski definition) is 0. The molecule has 32 heavy (non-hydrogen) atoms. The van der Waals surface area contributed by atoms with Crippen LogP contribution in [0.3, 0.4) is 0 Å². The molecule has 2 fully saturated rings. The monoisotopic (exact) mass is 488 g/mol. The van der Waals surface area contributed by atoms with Crippen molar-refractivity contribution in [1.82, 2.24) is 0 Å². The minimum atomic E-state index is 1.35. The van der Waals surface area contributed by atoms with Crippen molar-refractivity contribution in [2.45, 2.75) is 105 Å². The van der Waals surface area contributed by atoms with Crippen LogP contribution >= 0.6 is 23.5 Å². The molecule has 0 bridgehead atoms. The maximum absolute atomic E-state index is 2.40. The summed E-state index contributed by atoms with van der Waals surface area (Å²) in [7, 11) is 0. The number of rotatable bonds is 16. The Labute approximate surface area is 212 Å². The van der Waals surface area contributed by atoms with Crippen LogP contribution in [0.15, 0.2) is 0 Å². The minimum absolute atomic E-state index is 1.35. The summed E-state index contributed by atoms with van der Waals surface area (Å²) >= 11 is 4.29. The molecule has 0 radical (unpaired) electrons. The van der Waals surface area contributed by atoms with Gasteiger partial charge < -0.3 is 8.97 Å². The standard InChI is InChI=1S/C18H38NS.C10H22NS/c1-3-5-6-7-8-9-10-11-12-13-14-19(4-2)15-17-20-18-16-19;1-3-5-11(6-4-2)7-9-12-10-8-11/h3-18H2,1-2H3;3-10H2,1-2H3/q2*+1. The van der Waals surface area contributed by atoms with E-state index in [0.717, 1.165) is 0 Å². The van der Waals surface area contributed by atoms with E-state index in [4.69, 9.17) is 0 Å². The van der Waals surface area contributed by atoms with Crippen molar-refractivity contribution < 1.29 is 8.97 Å².